The van der Waals surface area contributed by atoms with Gasteiger partial charge < -0.3 is 20.1 Å². The molecule has 0 radical (unpaired) electrons. The van der Waals surface area contributed by atoms with Crippen LogP contribution in [-0.4, -0.2) is 45.4 Å². The van der Waals surface area contributed by atoms with Crippen molar-refractivity contribution < 1.29 is 14.3 Å². The minimum Gasteiger partial charge on any atom is -0.497 e. The minimum atomic E-state index is -0.218. The van der Waals surface area contributed by atoms with Crippen LogP contribution in [0.4, 0.5) is 0 Å². The Kier molecular flexibility index (Phi) is 7.36. The first kappa shape index (κ1) is 16.8. The maximum absolute atomic E-state index is 11.8. The van der Waals surface area contributed by atoms with E-state index in [1.807, 2.05) is 24.3 Å². The number of carbonyl (C=O) groups is 1. The molecule has 0 bridgehead atoms. The van der Waals surface area contributed by atoms with Gasteiger partial charge in [-0.15, -0.1) is 12.4 Å². The molecule has 1 heterocycles. The van der Waals surface area contributed by atoms with Crippen LogP contribution >= 0.6 is 12.4 Å². The van der Waals surface area contributed by atoms with E-state index in [9.17, 15) is 4.79 Å². The Bertz CT molecular complexity index is 405. The van der Waals surface area contributed by atoms with Crippen LogP contribution in [0.5, 0.6) is 5.75 Å². The smallest absolute Gasteiger partial charge is 0.239 e. The Labute approximate surface area is 125 Å². The van der Waals surface area contributed by atoms with E-state index in [4.69, 9.17) is 9.47 Å². The predicted octanol–water partition coefficient (Wildman–Crippen LogP) is 0.764. The van der Waals surface area contributed by atoms with Crippen molar-refractivity contribution in [3.63, 3.8) is 0 Å². The van der Waals surface area contributed by atoms with Gasteiger partial charge in [-0.2, -0.15) is 0 Å². The van der Waals surface area contributed by atoms with Crippen LogP contribution in [-0.2, 0) is 16.0 Å². The molecule has 2 N–H and O–H groups in total. The second kappa shape index (κ2) is 8.79. The summed E-state index contributed by atoms with van der Waals surface area (Å²) >= 11 is 0. The standard InChI is InChI=1S/C14H20N2O3.ClH/c1-18-12-4-2-11(3-5-12)6-7-16-14(17)13-10-19-9-8-15-13;/h2-5,13,15H,6-10H2,1H3,(H,16,17);1H. The summed E-state index contributed by atoms with van der Waals surface area (Å²) in [6.07, 6.45) is 0.809. The SMILES string of the molecule is COc1ccc(CCNC(=O)C2COCCN2)cc1.Cl. The number of ether oxygens (including phenoxy) is 2. The number of halogens is 1. The van der Waals surface area contributed by atoms with E-state index < -0.39 is 0 Å². The van der Waals surface area contributed by atoms with Crippen molar-refractivity contribution in [2.75, 3.05) is 33.4 Å². The first-order valence-electron chi connectivity index (χ1n) is 6.51. The number of hydrogen-bond donors (Lipinski definition) is 2. The van der Waals surface area contributed by atoms with Gasteiger partial charge in [0, 0.05) is 13.1 Å². The molecule has 20 heavy (non-hydrogen) atoms. The summed E-state index contributed by atoms with van der Waals surface area (Å²) in [7, 11) is 1.65. The van der Waals surface area contributed by atoms with Crippen LogP contribution in [0.25, 0.3) is 0 Å². The summed E-state index contributed by atoms with van der Waals surface area (Å²) in [6, 6.07) is 7.64. The number of amides is 1. The van der Waals surface area contributed by atoms with Crippen molar-refractivity contribution in [1.29, 1.82) is 0 Å². The van der Waals surface area contributed by atoms with Crippen molar-refractivity contribution in [2.45, 2.75) is 12.5 Å². The molecular weight excluding hydrogens is 280 g/mol. The van der Waals surface area contributed by atoms with Gasteiger partial charge in [0.15, 0.2) is 0 Å². The highest BCUT2D eigenvalue weighted by molar-refractivity contribution is 5.85. The lowest BCUT2D eigenvalue weighted by Crippen LogP contribution is -2.51. The van der Waals surface area contributed by atoms with Crippen molar-refractivity contribution >= 4 is 18.3 Å². The molecule has 6 heteroatoms. The second-order valence-corrected chi connectivity index (χ2v) is 4.47. The Hall–Kier alpha value is -1.30. The van der Waals surface area contributed by atoms with Crippen LogP contribution in [0.3, 0.4) is 0 Å². The Balaban J connectivity index is 0.00000200. The summed E-state index contributed by atoms with van der Waals surface area (Å²) in [6.45, 7) is 2.49. The molecule has 1 saturated heterocycles. The van der Waals surface area contributed by atoms with E-state index in [0.29, 0.717) is 19.8 Å². The molecule has 0 spiro atoms. The van der Waals surface area contributed by atoms with E-state index in [2.05, 4.69) is 10.6 Å². The first-order valence-corrected chi connectivity index (χ1v) is 6.51. The minimum absolute atomic E-state index is 0. The van der Waals surface area contributed by atoms with Crippen molar-refractivity contribution in [3.05, 3.63) is 29.8 Å². The molecular formula is C14H21ClN2O3. The van der Waals surface area contributed by atoms with Crippen LogP contribution in [0, 0.1) is 0 Å². The lowest BCUT2D eigenvalue weighted by Gasteiger charge is -2.22. The summed E-state index contributed by atoms with van der Waals surface area (Å²) in [5.74, 6) is 0.851. The molecule has 5 nitrogen and oxygen atoms in total. The normalized spacial score (nSPS) is 17.9. The predicted molar refractivity (Wildman–Crippen MR) is 79.6 cm³/mol. The highest BCUT2D eigenvalue weighted by atomic mass is 35.5. The first-order chi connectivity index (χ1) is 9.29. The molecule has 0 aromatic heterocycles. The van der Waals surface area contributed by atoms with Gasteiger partial charge in [-0.25, -0.2) is 0 Å². The molecule has 1 aromatic rings. The monoisotopic (exact) mass is 300 g/mol. The average molecular weight is 301 g/mol. The lowest BCUT2D eigenvalue weighted by molar-refractivity contribution is -0.125. The molecule has 0 aliphatic carbocycles. The Morgan fingerprint density at radius 3 is 2.80 bits per heavy atom. The van der Waals surface area contributed by atoms with Crippen molar-refractivity contribution in [1.82, 2.24) is 10.6 Å². The van der Waals surface area contributed by atoms with Crippen molar-refractivity contribution in [2.24, 2.45) is 0 Å². The average Bonchev–Trinajstić information content (AvgIpc) is 2.49. The number of hydrogen-bond acceptors (Lipinski definition) is 4. The third kappa shape index (κ3) is 5.00. The number of methoxy groups -OCH3 is 1. The summed E-state index contributed by atoms with van der Waals surface area (Å²) in [5.41, 5.74) is 1.17. The number of rotatable bonds is 5. The summed E-state index contributed by atoms with van der Waals surface area (Å²) in [5, 5.41) is 6.05. The van der Waals surface area contributed by atoms with E-state index >= 15 is 0 Å². The zero-order valence-electron chi connectivity index (χ0n) is 11.6. The van der Waals surface area contributed by atoms with Gasteiger partial charge in [0.1, 0.15) is 11.8 Å². The molecule has 0 saturated carbocycles. The third-order valence-electron chi connectivity index (χ3n) is 3.11. The van der Waals surface area contributed by atoms with Gasteiger partial charge in [0.2, 0.25) is 5.91 Å². The summed E-state index contributed by atoms with van der Waals surface area (Å²) < 4.78 is 10.4. The van der Waals surface area contributed by atoms with E-state index in [-0.39, 0.29) is 24.4 Å². The maximum atomic E-state index is 11.8. The molecule has 1 aliphatic rings. The fraction of sp³-hybridized carbons (Fsp3) is 0.500. The van der Waals surface area contributed by atoms with Crippen LogP contribution in [0.2, 0.25) is 0 Å². The highest BCUT2D eigenvalue weighted by Gasteiger charge is 2.20. The second-order valence-electron chi connectivity index (χ2n) is 4.47. The molecule has 1 atom stereocenters. The molecule has 1 aliphatic heterocycles. The molecule has 1 aromatic carbocycles. The quantitative estimate of drug-likeness (QED) is 0.843. The van der Waals surface area contributed by atoms with Gasteiger partial charge in [-0.3, -0.25) is 4.79 Å². The third-order valence-corrected chi connectivity index (χ3v) is 3.11. The van der Waals surface area contributed by atoms with Crippen LogP contribution < -0.4 is 15.4 Å². The van der Waals surface area contributed by atoms with Gasteiger partial charge in [-0.1, -0.05) is 12.1 Å². The van der Waals surface area contributed by atoms with E-state index in [1.54, 1.807) is 7.11 Å². The van der Waals surface area contributed by atoms with E-state index in [0.717, 1.165) is 18.7 Å². The zero-order chi connectivity index (χ0) is 13.5. The molecule has 1 unspecified atom stereocenters. The number of carbonyl (C=O) groups excluding carboxylic acids is 1. The molecule has 2 rings (SSSR count). The molecule has 1 amide bonds. The fourth-order valence-electron chi connectivity index (χ4n) is 1.98. The van der Waals surface area contributed by atoms with Gasteiger partial charge in [-0.05, 0) is 24.1 Å². The van der Waals surface area contributed by atoms with Crippen molar-refractivity contribution in [3.8, 4) is 5.75 Å². The maximum Gasteiger partial charge on any atom is 0.239 e. The fourth-order valence-corrected chi connectivity index (χ4v) is 1.98. The van der Waals surface area contributed by atoms with Gasteiger partial charge in [0.25, 0.3) is 0 Å². The Morgan fingerprint density at radius 2 is 2.20 bits per heavy atom. The number of morpholine rings is 1. The number of benzene rings is 1. The zero-order valence-corrected chi connectivity index (χ0v) is 12.4. The highest BCUT2D eigenvalue weighted by Crippen LogP contribution is 2.11. The molecule has 1 fully saturated rings. The lowest BCUT2D eigenvalue weighted by atomic mass is 10.1. The van der Waals surface area contributed by atoms with Crippen LogP contribution in [0.15, 0.2) is 24.3 Å². The van der Waals surface area contributed by atoms with Gasteiger partial charge >= 0.3 is 0 Å². The largest absolute Gasteiger partial charge is 0.497 e. The van der Waals surface area contributed by atoms with Gasteiger partial charge in [0.05, 0.1) is 20.3 Å². The van der Waals surface area contributed by atoms with E-state index in [1.165, 1.54) is 5.56 Å². The van der Waals surface area contributed by atoms with Crippen LogP contribution in [0.1, 0.15) is 5.56 Å². The number of nitrogens with one attached hydrogen (secondary N) is 2. The topological polar surface area (TPSA) is 59.6 Å². The summed E-state index contributed by atoms with van der Waals surface area (Å²) in [4.78, 5) is 11.8. The molecule has 112 valence electrons. The Morgan fingerprint density at radius 1 is 1.45 bits per heavy atom.